The largest absolute Gasteiger partial charge is 0.504 e. The quantitative estimate of drug-likeness (QED) is 0.835. The van der Waals surface area contributed by atoms with Crippen molar-refractivity contribution in [2.24, 2.45) is 0 Å². The van der Waals surface area contributed by atoms with Crippen LogP contribution in [0, 0.1) is 0 Å². The summed E-state index contributed by atoms with van der Waals surface area (Å²) in [5.41, 5.74) is 1.11. The fraction of sp³-hybridized carbons (Fsp3) is 0.250. The van der Waals surface area contributed by atoms with Crippen molar-refractivity contribution < 1.29 is 9.84 Å². The predicted molar refractivity (Wildman–Crippen MR) is 76.5 cm³/mol. The lowest BCUT2D eigenvalue weighted by atomic mass is 10.1. The van der Waals surface area contributed by atoms with Crippen LogP contribution in [0.2, 0.25) is 0 Å². The van der Waals surface area contributed by atoms with E-state index in [1.54, 1.807) is 18.2 Å². The summed E-state index contributed by atoms with van der Waals surface area (Å²) in [5, 5.41) is 12.9. The summed E-state index contributed by atoms with van der Waals surface area (Å²) < 4.78 is 5.94. The van der Waals surface area contributed by atoms with E-state index in [2.05, 4.69) is 5.32 Å². The molecule has 19 heavy (non-hydrogen) atoms. The molecule has 0 heterocycles. The van der Waals surface area contributed by atoms with Gasteiger partial charge < -0.3 is 15.2 Å². The van der Waals surface area contributed by atoms with Crippen LogP contribution in [0.1, 0.15) is 18.1 Å². The molecule has 0 aliphatic heterocycles. The number of aromatic hydroxyl groups is 1. The van der Waals surface area contributed by atoms with E-state index in [-0.39, 0.29) is 11.9 Å². The highest BCUT2D eigenvalue weighted by Crippen LogP contribution is 2.31. The van der Waals surface area contributed by atoms with Gasteiger partial charge in [-0.25, -0.2) is 0 Å². The second-order valence-corrected chi connectivity index (χ2v) is 4.38. The van der Waals surface area contributed by atoms with Gasteiger partial charge in [0.2, 0.25) is 0 Å². The maximum Gasteiger partial charge on any atom is 0.161 e. The maximum atomic E-state index is 9.79. The molecular formula is C16H19NO2. The molecule has 0 aliphatic carbocycles. The van der Waals surface area contributed by atoms with Gasteiger partial charge in [0.05, 0.1) is 0 Å². The second kappa shape index (κ2) is 6.81. The molecular weight excluding hydrogens is 238 g/mol. The van der Waals surface area contributed by atoms with Crippen LogP contribution in [0.5, 0.6) is 11.5 Å². The molecule has 3 nitrogen and oxygen atoms in total. The highest BCUT2D eigenvalue weighted by Gasteiger charge is 2.14. The van der Waals surface area contributed by atoms with E-state index in [9.17, 15) is 5.11 Å². The Bertz CT molecular complexity index is 499. The van der Waals surface area contributed by atoms with Gasteiger partial charge >= 0.3 is 0 Å². The van der Waals surface area contributed by atoms with E-state index in [1.165, 1.54) is 0 Å². The third-order valence-corrected chi connectivity index (χ3v) is 2.96. The van der Waals surface area contributed by atoms with Gasteiger partial charge in [-0.3, -0.25) is 0 Å². The standard InChI is InChI=1S/C16H19NO2/c1-17-12-11-15(13-7-3-2-4-8-13)19-16-10-6-5-9-14(16)18/h2-10,15,17-18H,11-12H2,1H3/t15-/m1/s1. The summed E-state index contributed by atoms with van der Waals surface area (Å²) in [4.78, 5) is 0. The average molecular weight is 257 g/mol. The highest BCUT2D eigenvalue weighted by molar-refractivity contribution is 5.38. The van der Waals surface area contributed by atoms with Crippen molar-refractivity contribution in [1.82, 2.24) is 5.32 Å². The average Bonchev–Trinajstić information content (AvgIpc) is 2.46. The van der Waals surface area contributed by atoms with Crippen molar-refractivity contribution in [3.8, 4) is 11.5 Å². The van der Waals surface area contributed by atoms with E-state index in [0.717, 1.165) is 18.5 Å². The molecule has 0 unspecified atom stereocenters. The third kappa shape index (κ3) is 3.73. The van der Waals surface area contributed by atoms with Crippen molar-refractivity contribution in [1.29, 1.82) is 0 Å². The number of ether oxygens (including phenoxy) is 1. The number of phenolic OH excluding ortho intramolecular Hbond substituents is 1. The Morgan fingerprint density at radius 2 is 1.74 bits per heavy atom. The normalized spacial score (nSPS) is 12.1. The molecule has 2 N–H and O–H groups in total. The SMILES string of the molecule is CNCC[C@@H](Oc1ccccc1O)c1ccccc1. The van der Waals surface area contributed by atoms with Gasteiger partial charge in [-0.05, 0) is 31.3 Å². The first-order chi connectivity index (χ1) is 9.31. The number of nitrogens with one attached hydrogen (secondary N) is 1. The number of hydrogen-bond donors (Lipinski definition) is 2. The first-order valence-corrected chi connectivity index (χ1v) is 6.45. The molecule has 0 bridgehead atoms. The molecule has 0 saturated carbocycles. The summed E-state index contributed by atoms with van der Waals surface area (Å²) in [7, 11) is 1.92. The van der Waals surface area contributed by atoms with Crippen LogP contribution < -0.4 is 10.1 Å². The smallest absolute Gasteiger partial charge is 0.161 e. The van der Waals surface area contributed by atoms with Gasteiger partial charge in [-0.15, -0.1) is 0 Å². The topological polar surface area (TPSA) is 41.5 Å². The number of hydrogen-bond acceptors (Lipinski definition) is 3. The van der Waals surface area contributed by atoms with Crippen LogP contribution in [0.15, 0.2) is 54.6 Å². The monoisotopic (exact) mass is 257 g/mol. The van der Waals surface area contributed by atoms with Crippen molar-refractivity contribution in [2.45, 2.75) is 12.5 Å². The summed E-state index contributed by atoms with van der Waals surface area (Å²) in [6, 6.07) is 17.1. The minimum atomic E-state index is -0.0676. The molecule has 2 aromatic carbocycles. The highest BCUT2D eigenvalue weighted by atomic mass is 16.5. The summed E-state index contributed by atoms with van der Waals surface area (Å²) in [5.74, 6) is 0.695. The van der Waals surface area contributed by atoms with Gasteiger partial charge in [0.1, 0.15) is 6.10 Å². The first kappa shape index (κ1) is 13.4. The van der Waals surface area contributed by atoms with Gasteiger partial charge in [-0.2, -0.15) is 0 Å². The molecule has 2 rings (SSSR count). The van der Waals surface area contributed by atoms with Crippen LogP contribution in [-0.2, 0) is 0 Å². The molecule has 0 aromatic heterocycles. The number of benzene rings is 2. The van der Waals surface area contributed by atoms with Gasteiger partial charge in [0.25, 0.3) is 0 Å². The maximum absolute atomic E-state index is 9.79. The Morgan fingerprint density at radius 1 is 1.05 bits per heavy atom. The molecule has 0 aliphatic rings. The minimum absolute atomic E-state index is 0.0676. The third-order valence-electron chi connectivity index (χ3n) is 2.96. The van der Waals surface area contributed by atoms with E-state index >= 15 is 0 Å². The summed E-state index contributed by atoms with van der Waals surface area (Å²) in [6.07, 6.45) is 0.774. The van der Waals surface area contributed by atoms with Crippen molar-refractivity contribution >= 4 is 0 Å². The number of phenols is 1. The number of para-hydroxylation sites is 2. The molecule has 100 valence electrons. The lowest BCUT2D eigenvalue weighted by Crippen LogP contribution is -2.16. The first-order valence-electron chi connectivity index (χ1n) is 6.45. The minimum Gasteiger partial charge on any atom is -0.504 e. The van der Waals surface area contributed by atoms with Crippen molar-refractivity contribution in [3.63, 3.8) is 0 Å². The van der Waals surface area contributed by atoms with Crippen molar-refractivity contribution in [3.05, 3.63) is 60.2 Å². The summed E-state index contributed by atoms with van der Waals surface area (Å²) in [6.45, 7) is 0.854. The van der Waals surface area contributed by atoms with E-state index in [1.807, 2.05) is 43.4 Å². The Kier molecular flexibility index (Phi) is 4.81. The lowest BCUT2D eigenvalue weighted by Gasteiger charge is -2.20. The van der Waals surface area contributed by atoms with E-state index < -0.39 is 0 Å². The van der Waals surface area contributed by atoms with Crippen LogP contribution in [0.4, 0.5) is 0 Å². The van der Waals surface area contributed by atoms with Crippen LogP contribution in [-0.4, -0.2) is 18.7 Å². The van der Waals surface area contributed by atoms with Gasteiger partial charge in [0.15, 0.2) is 11.5 Å². The van der Waals surface area contributed by atoms with Crippen LogP contribution in [0.25, 0.3) is 0 Å². The Labute approximate surface area is 113 Å². The molecule has 0 fully saturated rings. The second-order valence-electron chi connectivity index (χ2n) is 4.38. The van der Waals surface area contributed by atoms with E-state index in [0.29, 0.717) is 5.75 Å². The molecule has 1 atom stereocenters. The molecule has 2 aromatic rings. The molecule has 0 spiro atoms. The Balaban J connectivity index is 2.17. The van der Waals surface area contributed by atoms with Crippen molar-refractivity contribution in [2.75, 3.05) is 13.6 Å². The fourth-order valence-corrected chi connectivity index (χ4v) is 1.95. The Hall–Kier alpha value is -2.00. The zero-order valence-corrected chi connectivity index (χ0v) is 11.0. The lowest BCUT2D eigenvalue weighted by molar-refractivity contribution is 0.187. The molecule has 0 saturated heterocycles. The summed E-state index contributed by atoms with van der Waals surface area (Å²) >= 11 is 0. The predicted octanol–water partition coefficient (Wildman–Crippen LogP) is 3.12. The van der Waals surface area contributed by atoms with Gasteiger partial charge in [0, 0.05) is 6.42 Å². The molecule has 0 radical (unpaired) electrons. The Morgan fingerprint density at radius 3 is 2.42 bits per heavy atom. The zero-order chi connectivity index (χ0) is 13.5. The number of rotatable bonds is 6. The molecule has 3 heteroatoms. The van der Waals surface area contributed by atoms with Crippen LogP contribution in [0.3, 0.4) is 0 Å². The fourth-order valence-electron chi connectivity index (χ4n) is 1.95. The van der Waals surface area contributed by atoms with Gasteiger partial charge in [-0.1, -0.05) is 42.5 Å². The zero-order valence-electron chi connectivity index (χ0n) is 11.0. The molecule has 0 amide bonds. The van der Waals surface area contributed by atoms with Crippen LogP contribution >= 0.6 is 0 Å². The van der Waals surface area contributed by atoms with E-state index in [4.69, 9.17) is 4.74 Å².